The predicted octanol–water partition coefficient (Wildman–Crippen LogP) is 3.89. The third-order valence-corrected chi connectivity index (χ3v) is 5.92. The summed E-state index contributed by atoms with van der Waals surface area (Å²) in [6.45, 7) is 3.07. The molecule has 0 atom stereocenters. The number of nitrogens with zero attached hydrogens (tertiary/aromatic N) is 3. The van der Waals surface area contributed by atoms with Gasteiger partial charge < -0.3 is 10.2 Å². The van der Waals surface area contributed by atoms with E-state index >= 15 is 0 Å². The number of halogens is 1. The second-order valence-electron chi connectivity index (χ2n) is 8.29. The Morgan fingerprint density at radius 3 is 2.64 bits per heavy atom. The van der Waals surface area contributed by atoms with E-state index in [1.54, 1.807) is 40.9 Å². The molecule has 0 spiro atoms. The third kappa shape index (κ3) is 5.74. The Kier molecular flexibility index (Phi) is 6.98. The molecule has 2 amide bonds. The molecule has 1 N–H and O–H groups in total. The van der Waals surface area contributed by atoms with Crippen LogP contribution >= 0.6 is 0 Å². The summed E-state index contributed by atoms with van der Waals surface area (Å²) < 4.78 is 15.4. The van der Waals surface area contributed by atoms with Gasteiger partial charge in [0.15, 0.2) is 0 Å². The number of piperidine rings is 1. The maximum Gasteiger partial charge on any atom is 0.246 e. The molecule has 6 nitrogen and oxygen atoms in total. The van der Waals surface area contributed by atoms with Gasteiger partial charge in [0.2, 0.25) is 11.8 Å². The molecule has 0 radical (unpaired) electrons. The second-order valence-corrected chi connectivity index (χ2v) is 8.29. The Bertz CT molecular complexity index is 1150. The van der Waals surface area contributed by atoms with Crippen LogP contribution < -0.4 is 5.32 Å². The average Bonchev–Trinajstić information content (AvgIpc) is 3.33. The number of amides is 2. The number of likely N-dealkylation sites (tertiary alicyclic amines) is 1. The normalized spacial score (nSPS) is 14.5. The van der Waals surface area contributed by atoms with E-state index in [1.807, 2.05) is 42.6 Å². The summed E-state index contributed by atoms with van der Waals surface area (Å²) in [5.74, 6) is -0.533. The molecule has 1 saturated heterocycles. The van der Waals surface area contributed by atoms with Gasteiger partial charge >= 0.3 is 0 Å². The van der Waals surface area contributed by atoms with E-state index in [0.29, 0.717) is 38.0 Å². The van der Waals surface area contributed by atoms with E-state index in [0.717, 1.165) is 16.8 Å². The highest BCUT2D eigenvalue weighted by atomic mass is 19.1. The van der Waals surface area contributed by atoms with E-state index < -0.39 is 0 Å². The smallest absolute Gasteiger partial charge is 0.246 e. The molecule has 1 aromatic heterocycles. The topological polar surface area (TPSA) is 67.2 Å². The van der Waals surface area contributed by atoms with Gasteiger partial charge in [-0.2, -0.15) is 5.10 Å². The number of hydrogen-bond donors (Lipinski definition) is 1. The van der Waals surface area contributed by atoms with Crippen LogP contribution in [0, 0.1) is 18.7 Å². The van der Waals surface area contributed by atoms with Crippen LogP contribution in [0.2, 0.25) is 0 Å². The van der Waals surface area contributed by atoms with Crippen LogP contribution in [0.25, 0.3) is 11.8 Å². The van der Waals surface area contributed by atoms with Crippen molar-refractivity contribution in [3.05, 3.63) is 89.5 Å². The van der Waals surface area contributed by atoms with Crippen molar-refractivity contribution in [1.29, 1.82) is 0 Å². The summed E-state index contributed by atoms with van der Waals surface area (Å²) in [5, 5.41) is 7.22. The van der Waals surface area contributed by atoms with Crippen molar-refractivity contribution in [1.82, 2.24) is 20.0 Å². The Labute approximate surface area is 192 Å². The molecule has 2 heterocycles. The summed E-state index contributed by atoms with van der Waals surface area (Å²) in [4.78, 5) is 26.8. The minimum absolute atomic E-state index is 0.0491. The third-order valence-electron chi connectivity index (χ3n) is 5.92. The van der Waals surface area contributed by atoms with Crippen LogP contribution in [-0.2, 0) is 16.1 Å². The van der Waals surface area contributed by atoms with Crippen LogP contribution in [0.15, 0.2) is 67.0 Å². The summed E-state index contributed by atoms with van der Waals surface area (Å²) in [6.07, 6.45) is 8.12. The van der Waals surface area contributed by atoms with Crippen molar-refractivity contribution in [2.75, 3.05) is 13.1 Å². The lowest BCUT2D eigenvalue weighted by atomic mass is 9.95. The minimum Gasteiger partial charge on any atom is -0.352 e. The first-order valence-corrected chi connectivity index (χ1v) is 11.1. The number of aromatic nitrogens is 2. The zero-order valence-corrected chi connectivity index (χ0v) is 18.6. The van der Waals surface area contributed by atoms with Gasteiger partial charge in [-0.05, 0) is 55.2 Å². The van der Waals surface area contributed by atoms with Crippen molar-refractivity contribution in [3.8, 4) is 5.69 Å². The van der Waals surface area contributed by atoms with Crippen molar-refractivity contribution in [3.63, 3.8) is 0 Å². The fourth-order valence-corrected chi connectivity index (χ4v) is 3.86. The molecule has 0 saturated carbocycles. The van der Waals surface area contributed by atoms with Crippen LogP contribution in [0.1, 0.15) is 29.5 Å². The molecule has 4 rings (SSSR count). The molecule has 2 aromatic carbocycles. The lowest BCUT2D eigenvalue weighted by molar-refractivity contribution is -0.132. The Morgan fingerprint density at radius 1 is 1.15 bits per heavy atom. The standard InChI is InChI=1S/C26H27FN4O2/c1-19-7-8-20(15-24(19)27)16-28-26(33)22-11-13-30(14-12-22)25(32)10-9-21-17-29-31(18-21)23-5-3-2-4-6-23/h2-10,15,17-18,22H,11-14,16H2,1H3,(H,28,33). The molecule has 7 heteroatoms. The van der Waals surface area contributed by atoms with Crippen LogP contribution in [0.5, 0.6) is 0 Å². The van der Waals surface area contributed by atoms with E-state index in [9.17, 15) is 14.0 Å². The zero-order chi connectivity index (χ0) is 23.2. The number of nitrogens with one attached hydrogen (secondary N) is 1. The van der Waals surface area contributed by atoms with E-state index in [2.05, 4.69) is 10.4 Å². The number of carbonyl (C=O) groups is 2. The zero-order valence-electron chi connectivity index (χ0n) is 18.6. The molecule has 1 fully saturated rings. The largest absolute Gasteiger partial charge is 0.352 e. The first kappa shape index (κ1) is 22.5. The number of carbonyl (C=O) groups excluding carboxylic acids is 2. The van der Waals surface area contributed by atoms with E-state index in [1.165, 1.54) is 6.07 Å². The number of benzene rings is 2. The van der Waals surface area contributed by atoms with Gasteiger partial charge in [0.1, 0.15) is 5.82 Å². The quantitative estimate of drug-likeness (QED) is 0.584. The monoisotopic (exact) mass is 446 g/mol. The fourth-order valence-electron chi connectivity index (χ4n) is 3.86. The molecule has 3 aromatic rings. The molecule has 1 aliphatic rings. The first-order chi connectivity index (χ1) is 16.0. The second kappa shape index (κ2) is 10.3. The van der Waals surface area contributed by atoms with Gasteiger partial charge in [0.25, 0.3) is 0 Å². The van der Waals surface area contributed by atoms with Gasteiger partial charge in [-0.1, -0.05) is 30.3 Å². The highest BCUT2D eigenvalue weighted by Gasteiger charge is 2.26. The highest BCUT2D eigenvalue weighted by molar-refractivity contribution is 5.92. The lowest BCUT2D eigenvalue weighted by Crippen LogP contribution is -2.42. The van der Waals surface area contributed by atoms with E-state index in [-0.39, 0.29) is 23.5 Å². The van der Waals surface area contributed by atoms with Crippen molar-refractivity contribution < 1.29 is 14.0 Å². The van der Waals surface area contributed by atoms with Gasteiger partial charge in [-0.15, -0.1) is 0 Å². The molecule has 0 bridgehead atoms. The van der Waals surface area contributed by atoms with Gasteiger partial charge in [0.05, 0.1) is 11.9 Å². The molecule has 0 aliphatic carbocycles. The van der Waals surface area contributed by atoms with Crippen molar-refractivity contribution in [2.24, 2.45) is 5.92 Å². The molecule has 33 heavy (non-hydrogen) atoms. The van der Waals surface area contributed by atoms with Gasteiger partial charge in [-0.3, -0.25) is 9.59 Å². The Balaban J connectivity index is 1.24. The summed E-state index contributed by atoms with van der Waals surface area (Å²) in [7, 11) is 0. The number of para-hydroxylation sites is 1. The summed E-state index contributed by atoms with van der Waals surface area (Å²) >= 11 is 0. The Morgan fingerprint density at radius 2 is 1.91 bits per heavy atom. The number of hydrogen-bond acceptors (Lipinski definition) is 3. The minimum atomic E-state index is -0.269. The Hall–Kier alpha value is -3.74. The van der Waals surface area contributed by atoms with Crippen LogP contribution in [0.4, 0.5) is 4.39 Å². The maximum atomic E-state index is 13.7. The van der Waals surface area contributed by atoms with Crippen LogP contribution in [-0.4, -0.2) is 39.6 Å². The predicted molar refractivity (Wildman–Crippen MR) is 125 cm³/mol. The fraction of sp³-hybridized carbons (Fsp3) is 0.269. The molecule has 170 valence electrons. The van der Waals surface area contributed by atoms with Gasteiger partial charge in [-0.25, -0.2) is 9.07 Å². The lowest BCUT2D eigenvalue weighted by Gasteiger charge is -2.30. The molecular weight excluding hydrogens is 419 g/mol. The van der Waals surface area contributed by atoms with Crippen molar-refractivity contribution >= 4 is 17.9 Å². The molecular formula is C26H27FN4O2. The molecule has 1 aliphatic heterocycles. The number of aryl methyl sites for hydroxylation is 1. The SMILES string of the molecule is Cc1ccc(CNC(=O)C2CCN(C(=O)C=Cc3cnn(-c4ccccc4)c3)CC2)cc1F. The van der Waals surface area contributed by atoms with Crippen LogP contribution in [0.3, 0.4) is 0 Å². The number of rotatable bonds is 6. The van der Waals surface area contributed by atoms with Crippen molar-refractivity contribution in [2.45, 2.75) is 26.3 Å². The summed E-state index contributed by atoms with van der Waals surface area (Å²) in [5.41, 5.74) is 3.12. The highest BCUT2D eigenvalue weighted by Crippen LogP contribution is 2.19. The summed E-state index contributed by atoms with van der Waals surface area (Å²) in [6, 6.07) is 14.7. The average molecular weight is 447 g/mol. The van der Waals surface area contributed by atoms with Gasteiger partial charge in [0, 0.05) is 43.4 Å². The van der Waals surface area contributed by atoms with E-state index in [4.69, 9.17) is 0 Å². The maximum absolute atomic E-state index is 13.7. The molecule has 0 unspecified atom stereocenters. The first-order valence-electron chi connectivity index (χ1n) is 11.1.